The van der Waals surface area contributed by atoms with Crippen LogP contribution in [0.4, 0.5) is 5.95 Å². The van der Waals surface area contributed by atoms with E-state index in [-0.39, 0.29) is 0 Å². The Morgan fingerprint density at radius 2 is 1.86 bits per heavy atom. The maximum Gasteiger partial charge on any atom is 0.223 e. The fourth-order valence-electron chi connectivity index (χ4n) is 3.09. The second-order valence-corrected chi connectivity index (χ2v) is 7.88. The predicted molar refractivity (Wildman–Crippen MR) is 121 cm³/mol. The van der Waals surface area contributed by atoms with Crippen LogP contribution in [0.5, 0.6) is 0 Å². The highest BCUT2D eigenvalue weighted by atomic mass is 32.1. The first-order valence-corrected chi connectivity index (χ1v) is 10.4. The fourth-order valence-corrected chi connectivity index (χ4v) is 3.97. The molecule has 3 aromatic heterocycles. The lowest BCUT2D eigenvalue weighted by atomic mass is 10.2. The molecule has 0 unspecified atom stereocenters. The lowest BCUT2D eigenvalue weighted by Gasteiger charge is -2.07. The summed E-state index contributed by atoms with van der Waals surface area (Å²) in [4.78, 5) is 15.8. The Hall–Kier alpha value is -3.25. The summed E-state index contributed by atoms with van der Waals surface area (Å²) >= 11 is 1.72. The Labute approximate surface area is 174 Å². The summed E-state index contributed by atoms with van der Waals surface area (Å²) in [6.07, 6.45) is 8.13. The van der Waals surface area contributed by atoms with Crippen LogP contribution in [0.25, 0.3) is 22.7 Å². The molecule has 0 atom stereocenters. The second kappa shape index (κ2) is 8.84. The van der Waals surface area contributed by atoms with Crippen molar-refractivity contribution in [2.45, 2.75) is 20.4 Å². The molecule has 4 rings (SSSR count). The van der Waals surface area contributed by atoms with Gasteiger partial charge in [0, 0.05) is 30.4 Å². The fraction of sp³-hybridized carbons (Fsp3) is 0.174. The Bertz CT molecular complexity index is 1110. The van der Waals surface area contributed by atoms with E-state index in [0.29, 0.717) is 5.95 Å². The molecule has 0 aliphatic rings. The average molecular weight is 402 g/mol. The molecule has 0 spiro atoms. The van der Waals surface area contributed by atoms with Crippen molar-refractivity contribution in [2.24, 2.45) is 0 Å². The summed E-state index contributed by atoms with van der Waals surface area (Å²) in [6, 6.07) is 16.5. The van der Waals surface area contributed by atoms with Gasteiger partial charge in [-0.15, -0.1) is 11.3 Å². The van der Waals surface area contributed by atoms with E-state index in [1.54, 1.807) is 17.5 Å². The normalized spacial score (nSPS) is 11.2. The van der Waals surface area contributed by atoms with Gasteiger partial charge in [-0.25, -0.2) is 15.0 Å². The van der Waals surface area contributed by atoms with Crippen molar-refractivity contribution in [3.63, 3.8) is 0 Å². The van der Waals surface area contributed by atoms with Crippen molar-refractivity contribution >= 4 is 29.4 Å². The third-order valence-electron chi connectivity index (χ3n) is 4.51. The van der Waals surface area contributed by atoms with Crippen molar-refractivity contribution in [2.75, 3.05) is 11.9 Å². The molecule has 5 nitrogen and oxygen atoms in total. The van der Waals surface area contributed by atoms with E-state index in [1.165, 1.54) is 10.4 Å². The molecule has 0 saturated carbocycles. The zero-order valence-corrected chi connectivity index (χ0v) is 17.4. The van der Waals surface area contributed by atoms with Gasteiger partial charge < -0.3 is 9.88 Å². The summed E-state index contributed by atoms with van der Waals surface area (Å²) in [7, 11) is 0. The molecule has 3 heterocycles. The van der Waals surface area contributed by atoms with Crippen LogP contribution in [0.3, 0.4) is 0 Å². The highest BCUT2D eigenvalue weighted by molar-refractivity contribution is 7.16. The first-order chi connectivity index (χ1) is 14.2. The number of nitrogens with zero attached hydrogens (tertiary/aromatic N) is 4. The van der Waals surface area contributed by atoms with E-state index in [2.05, 4.69) is 67.5 Å². The molecular weight excluding hydrogens is 378 g/mol. The quantitative estimate of drug-likeness (QED) is 0.456. The number of anilines is 1. The lowest BCUT2D eigenvalue weighted by Crippen LogP contribution is -2.12. The first-order valence-electron chi connectivity index (χ1n) is 9.58. The zero-order valence-electron chi connectivity index (χ0n) is 16.5. The van der Waals surface area contributed by atoms with E-state index in [9.17, 15) is 0 Å². The minimum atomic E-state index is 0.645. The van der Waals surface area contributed by atoms with Gasteiger partial charge in [0.15, 0.2) is 0 Å². The minimum absolute atomic E-state index is 0.645. The summed E-state index contributed by atoms with van der Waals surface area (Å²) in [5.74, 6) is 1.67. The largest absolute Gasteiger partial charge is 0.352 e. The molecule has 1 N–H and O–H groups in total. The molecule has 0 radical (unpaired) electrons. The van der Waals surface area contributed by atoms with Gasteiger partial charge >= 0.3 is 0 Å². The van der Waals surface area contributed by atoms with Gasteiger partial charge in [-0.3, -0.25) is 0 Å². The van der Waals surface area contributed by atoms with E-state index in [1.807, 2.05) is 38.1 Å². The van der Waals surface area contributed by atoms with Crippen LogP contribution >= 0.6 is 11.3 Å². The van der Waals surface area contributed by atoms with Crippen LogP contribution < -0.4 is 5.32 Å². The van der Waals surface area contributed by atoms with Gasteiger partial charge in [-0.05, 0) is 43.7 Å². The SMILES string of the molecule is Cc1cn(CCNc2nccc(-c3ccc(/C=C/c4ccccc4)s3)n2)c(C)n1. The van der Waals surface area contributed by atoms with E-state index >= 15 is 0 Å². The maximum absolute atomic E-state index is 4.67. The number of imidazole rings is 1. The monoisotopic (exact) mass is 401 g/mol. The minimum Gasteiger partial charge on any atom is -0.352 e. The zero-order chi connectivity index (χ0) is 20.1. The van der Waals surface area contributed by atoms with Gasteiger partial charge in [0.05, 0.1) is 16.3 Å². The highest BCUT2D eigenvalue weighted by Crippen LogP contribution is 2.28. The van der Waals surface area contributed by atoms with Crippen molar-refractivity contribution in [3.8, 4) is 10.6 Å². The summed E-state index contributed by atoms with van der Waals surface area (Å²) < 4.78 is 2.14. The lowest BCUT2D eigenvalue weighted by molar-refractivity contribution is 0.698. The number of rotatable bonds is 7. The Balaban J connectivity index is 1.40. The molecule has 0 aliphatic carbocycles. The van der Waals surface area contributed by atoms with Crippen molar-refractivity contribution in [1.82, 2.24) is 19.5 Å². The van der Waals surface area contributed by atoms with Gasteiger partial charge in [0.2, 0.25) is 5.95 Å². The maximum atomic E-state index is 4.67. The molecule has 146 valence electrons. The Kier molecular flexibility index (Phi) is 5.81. The van der Waals surface area contributed by atoms with Gasteiger partial charge in [0.1, 0.15) is 5.82 Å². The van der Waals surface area contributed by atoms with Crippen molar-refractivity contribution in [3.05, 3.63) is 82.9 Å². The Morgan fingerprint density at radius 3 is 2.66 bits per heavy atom. The van der Waals surface area contributed by atoms with Gasteiger partial charge in [0.25, 0.3) is 0 Å². The molecule has 0 fully saturated rings. The van der Waals surface area contributed by atoms with E-state index < -0.39 is 0 Å². The van der Waals surface area contributed by atoms with Crippen molar-refractivity contribution in [1.29, 1.82) is 0 Å². The number of hydrogen-bond acceptors (Lipinski definition) is 5. The van der Waals surface area contributed by atoms with Gasteiger partial charge in [-0.2, -0.15) is 0 Å². The second-order valence-electron chi connectivity index (χ2n) is 6.76. The topological polar surface area (TPSA) is 55.6 Å². The Morgan fingerprint density at radius 1 is 1.00 bits per heavy atom. The van der Waals surface area contributed by atoms with Crippen LogP contribution in [0.1, 0.15) is 22.0 Å². The molecule has 6 heteroatoms. The van der Waals surface area contributed by atoms with Crippen LogP contribution in [-0.2, 0) is 6.54 Å². The smallest absolute Gasteiger partial charge is 0.223 e. The molecule has 0 saturated heterocycles. The number of aryl methyl sites for hydroxylation is 2. The third-order valence-corrected chi connectivity index (χ3v) is 5.58. The molecule has 1 aromatic carbocycles. The van der Waals surface area contributed by atoms with Gasteiger partial charge in [-0.1, -0.05) is 36.4 Å². The summed E-state index contributed by atoms with van der Waals surface area (Å²) in [5.41, 5.74) is 3.16. The number of benzene rings is 1. The number of aromatic nitrogens is 4. The van der Waals surface area contributed by atoms with E-state index in [0.717, 1.165) is 35.2 Å². The average Bonchev–Trinajstić information content (AvgIpc) is 3.34. The molecule has 0 aliphatic heterocycles. The number of hydrogen-bond donors (Lipinski definition) is 1. The molecule has 0 bridgehead atoms. The summed E-state index contributed by atoms with van der Waals surface area (Å²) in [6.45, 7) is 5.60. The molecule has 29 heavy (non-hydrogen) atoms. The predicted octanol–water partition coefficient (Wildman–Crippen LogP) is 5.30. The summed E-state index contributed by atoms with van der Waals surface area (Å²) in [5, 5.41) is 3.31. The third kappa shape index (κ3) is 4.97. The van der Waals surface area contributed by atoms with Crippen LogP contribution in [-0.4, -0.2) is 26.1 Å². The van der Waals surface area contributed by atoms with Crippen LogP contribution in [0, 0.1) is 13.8 Å². The number of thiophene rings is 1. The standard InChI is InChI=1S/C23H23N5S/c1-17-16-28(18(2)26-17)15-14-25-23-24-13-12-21(27-23)22-11-10-20(29-22)9-8-19-6-4-3-5-7-19/h3-13,16H,14-15H2,1-2H3,(H,24,25,27)/b9-8+. The van der Waals surface area contributed by atoms with E-state index in [4.69, 9.17) is 0 Å². The highest BCUT2D eigenvalue weighted by Gasteiger charge is 2.06. The molecular formula is C23H23N5S. The first kappa shape index (κ1) is 19.1. The van der Waals surface area contributed by atoms with Crippen LogP contribution in [0.2, 0.25) is 0 Å². The van der Waals surface area contributed by atoms with Crippen molar-refractivity contribution < 1.29 is 0 Å². The molecule has 4 aromatic rings. The van der Waals surface area contributed by atoms with Crippen LogP contribution in [0.15, 0.2) is 60.9 Å². The molecule has 0 amide bonds. The number of nitrogens with one attached hydrogen (secondary N) is 1.